The molecule has 0 spiro atoms. The standard InChI is InChI=1S/C16H15Cl2N3O2S/c1-10(23-14-8-7-11(17)9-13(14)18)15(22)20-21-16(24)19-12-5-3-2-4-6-12/h2-10H,1H3,(H,20,22)(H2,19,21,24)/t10-/m0/s1. The van der Waals surface area contributed by atoms with Gasteiger partial charge >= 0.3 is 0 Å². The normalized spacial score (nSPS) is 11.3. The van der Waals surface area contributed by atoms with E-state index in [0.717, 1.165) is 5.69 Å². The molecule has 0 aromatic heterocycles. The number of hydrogen-bond donors (Lipinski definition) is 3. The van der Waals surface area contributed by atoms with Crippen molar-refractivity contribution < 1.29 is 9.53 Å². The minimum absolute atomic E-state index is 0.256. The first-order valence-corrected chi connectivity index (χ1v) is 8.15. The van der Waals surface area contributed by atoms with Gasteiger partial charge in [0.05, 0.1) is 5.02 Å². The molecule has 0 aliphatic heterocycles. The largest absolute Gasteiger partial charge is 0.479 e. The van der Waals surface area contributed by atoms with E-state index in [1.807, 2.05) is 30.3 Å². The van der Waals surface area contributed by atoms with Gasteiger partial charge in [0.25, 0.3) is 5.91 Å². The van der Waals surface area contributed by atoms with Gasteiger partial charge in [0.1, 0.15) is 5.75 Å². The van der Waals surface area contributed by atoms with Crippen molar-refractivity contribution in [2.24, 2.45) is 0 Å². The van der Waals surface area contributed by atoms with Gasteiger partial charge in [0.2, 0.25) is 0 Å². The van der Waals surface area contributed by atoms with Gasteiger partial charge in [0, 0.05) is 10.7 Å². The van der Waals surface area contributed by atoms with Crippen LogP contribution >= 0.6 is 35.4 Å². The number of nitrogens with one attached hydrogen (secondary N) is 3. The summed E-state index contributed by atoms with van der Waals surface area (Å²) in [4.78, 5) is 12.0. The van der Waals surface area contributed by atoms with Crippen molar-refractivity contribution in [3.05, 3.63) is 58.6 Å². The van der Waals surface area contributed by atoms with Crippen molar-refractivity contribution >= 4 is 52.1 Å². The second kappa shape index (κ2) is 8.73. The average Bonchev–Trinajstić information content (AvgIpc) is 2.56. The number of halogens is 2. The van der Waals surface area contributed by atoms with Crippen LogP contribution < -0.4 is 20.9 Å². The molecule has 0 fully saturated rings. The highest BCUT2D eigenvalue weighted by atomic mass is 35.5. The summed E-state index contributed by atoms with van der Waals surface area (Å²) in [5.41, 5.74) is 5.88. The van der Waals surface area contributed by atoms with E-state index in [9.17, 15) is 4.79 Å². The summed E-state index contributed by atoms with van der Waals surface area (Å²) in [5, 5.41) is 4.01. The fourth-order valence-corrected chi connectivity index (χ4v) is 2.34. The molecule has 0 saturated heterocycles. The number of amides is 1. The first kappa shape index (κ1) is 18.3. The summed E-state index contributed by atoms with van der Waals surface area (Å²) < 4.78 is 5.51. The van der Waals surface area contributed by atoms with Gasteiger partial charge in [-0.15, -0.1) is 0 Å². The van der Waals surface area contributed by atoms with E-state index in [0.29, 0.717) is 15.8 Å². The lowest BCUT2D eigenvalue weighted by Crippen LogP contribution is -2.48. The molecule has 8 heteroatoms. The summed E-state index contributed by atoms with van der Waals surface area (Å²) in [6.45, 7) is 1.59. The Morgan fingerprint density at radius 1 is 1.12 bits per heavy atom. The molecule has 0 bridgehead atoms. The van der Waals surface area contributed by atoms with E-state index >= 15 is 0 Å². The van der Waals surface area contributed by atoms with E-state index in [2.05, 4.69) is 16.2 Å². The Morgan fingerprint density at radius 2 is 1.83 bits per heavy atom. The molecule has 0 aliphatic carbocycles. The highest BCUT2D eigenvalue weighted by molar-refractivity contribution is 7.80. The SMILES string of the molecule is C[C@H](Oc1ccc(Cl)cc1Cl)C(=O)NNC(=S)Nc1ccccc1. The number of thiocarbonyl (C=S) groups is 1. The van der Waals surface area contributed by atoms with Crippen molar-refractivity contribution in [1.29, 1.82) is 0 Å². The van der Waals surface area contributed by atoms with Crippen LogP contribution in [-0.4, -0.2) is 17.1 Å². The highest BCUT2D eigenvalue weighted by Gasteiger charge is 2.16. The van der Waals surface area contributed by atoms with Crippen LogP contribution in [-0.2, 0) is 4.79 Å². The van der Waals surface area contributed by atoms with Crippen LogP contribution in [0.1, 0.15) is 6.92 Å². The number of benzene rings is 2. The third-order valence-corrected chi connectivity index (χ3v) is 3.63. The molecule has 0 aliphatic rings. The zero-order valence-corrected chi connectivity index (χ0v) is 15.0. The Hall–Kier alpha value is -2.02. The summed E-state index contributed by atoms with van der Waals surface area (Å²) in [6.07, 6.45) is -0.782. The first-order valence-electron chi connectivity index (χ1n) is 6.99. The molecule has 0 heterocycles. The van der Waals surface area contributed by atoms with Gasteiger partial charge in [0.15, 0.2) is 11.2 Å². The Bertz CT molecular complexity index is 729. The molecule has 24 heavy (non-hydrogen) atoms. The second-order valence-electron chi connectivity index (χ2n) is 4.77. The predicted molar refractivity (Wildman–Crippen MR) is 100 cm³/mol. The Kier molecular flexibility index (Phi) is 6.66. The third-order valence-electron chi connectivity index (χ3n) is 2.90. The minimum atomic E-state index is -0.782. The fraction of sp³-hybridized carbons (Fsp3) is 0.125. The molecule has 1 atom stereocenters. The van der Waals surface area contributed by atoms with E-state index in [1.54, 1.807) is 25.1 Å². The zero-order chi connectivity index (χ0) is 17.5. The van der Waals surface area contributed by atoms with Crippen molar-refractivity contribution in [1.82, 2.24) is 10.9 Å². The quantitative estimate of drug-likeness (QED) is 0.553. The average molecular weight is 384 g/mol. The molecule has 0 radical (unpaired) electrons. The molecular formula is C16H15Cl2N3O2S. The van der Waals surface area contributed by atoms with Gasteiger partial charge in [-0.05, 0) is 49.5 Å². The molecule has 2 aromatic rings. The number of hydrazine groups is 1. The van der Waals surface area contributed by atoms with Crippen molar-refractivity contribution in [2.45, 2.75) is 13.0 Å². The van der Waals surface area contributed by atoms with E-state index < -0.39 is 12.0 Å². The maximum atomic E-state index is 12.0. The number of rotatable bonds is 4. The maximum absolute atomic E-state index is 12.0. The lowest BCUT2D eigenvalue weighted by atomic mass is 10.3. The van der Waals surface area contributed by atoms with Crippen LogP contribution in [0.2, 0.25) is 10.0 Å². The molecule has 126 valence electrons. The molecule has 5 nitrogen and oxygen atoms in total. The number of ether oxygens (including phenoxy) is 1. The summed E-state index contributed by atoms with van der Waals surface area (Å²) >= 11 is 16.9. The van der Waals surface area contributed by atoms with Crippen molar-refractivity contribution in [3.8, 4) is 5.75 Å². The van der Waals surface area contributed by atoms with Crippen molar-refractivity contribution in [3.63, 3.8) is 0 Å². The summed E-state index contributed by atoms with van der Waals surface area (Å²) in [6, 6.07) is 14.1. The molecule has 1 amide bonds. The van der Waals surface area contributed by atoms with Crippen LogP contribution in [0.5, 0.6) is 5.75 Å². The van der Waals surface area contributed by atoms with Crippen LogP contribution in [0.25, 0.3) is 0 Å². The zero-order valence-electron chi connectivity index (χ0n) is 12.7. The van der Waals surface area contributed by atoms with E-state index in [4.69, 9.17) is 40.2 Å². The summed E-state index contributed by atoms with van der Waals surface area (Å²) in [7, 11) is 0. The number of carbonyl (C=O) groups is 1. The molecule has 2 aromatic carbocycles. The van der Waals surface area contributed by atoms with Crippen LogP contribution in [0.3, 0.4) is 0 Å². The van der Waals surface area contributed by atoms with Gasteiger partial charge in [-0.25, -0.2) is 0 Å². The van der Waals surface area contributed by atoms with Crippen LogP contribution in [0.4, 0.5) is 5.69 Å². The highest BCUT2D eigenvalue weighted by Crippen LogP contribution is 2.28. The predicted octanol–water partition coefficient (Wildman–Crippen LogP) is 3.78. The Balaban J connectivity index is 1.82. The van der Waals surface area contributed by atoms with Crippen molar-refractivity contribution in [2.75, 3.05) is 5.32 Å². The number of hydrogen-bond acceptors (Lipinski definition) is 3. The van der Waals surface area contributed by atoms with Crippen LogP contribution in [0, 0.1) is 0 Å². The molecule has 0 unspecified atom stereocenters. The van der Waals surface area contributed by atoms with Gasteiger partial charge in [-0.2, -0.15) is 0 Å². The smallest absolute Gasteiger partial charge is 0.279 e. The topological polar surface area (TPSA) is 62.4 Å². The maximum Gasteiger partial charge on any atom is 0.279 e. The summed E-state index contributed by atoms with van der Waals surface area (Å²) in [5.74, 6) is -0.0352. The number of para-hydroxylation sites is 1. The van der Waals surface area contributed by atoms with Gasteiger partial charge in [-0.1, -0.05) is 41.4 Å². The van der Waals surface area contributed by atoms with Gasteiger partial charge in [-0.3, -0.25) is 15.6 Å². The Morgan fingerprint density at radius 3 is 2.50 bits per heavy atom. The monoisotopic (exact) mass is 383 g/mol. The Labute approximate surface area is 155 Å². The molecular weight excluding hydrogens is 369 g/mol. The fourth-order valence-electron chi connectivity index (χ4n) is 1.72. The van der Waals surface area contributed by atoms with Gasteiger partial charge < -0.3 is 10.1 Å². The molecule has 2 rings (SSSR count). The van der Waals surface area contributed by atoms with E-state index in [-0.39, 0.29) is 5.11 Å². The lowest BCUT2D eigenvalue weighted by Gasteiger charge is -2.17. The minimum Gasteiger partial charge on any atom is -0.479 e. The number of carbonyl (C=O) groups excluding carboxylic acids is 1. The second-order valence-corrected chi connectivity index (χ2v) is 6.02. The molecule has 3 N–H and O–H groups in total. The number of anilines is 1. The van der Waals surface area contributed by atoms with E-state index in [1.165, 1.54) is 0 Å². The lowest BCUT2D eigenvalue weighted by molar-refractivity contribution is -0.127. The third kappa shape index (κ3) is 5.56. The molecule has 0 saturated carbocycles. The first-order chi connectivity index (χ1) is 11.5. The van der Waals surface area contributed by atoms with Crippen LogP contribution in [0.15, 0.2) is 48.5 Å².